The number of nitrogens with one attached hydrogen (secondary N) is 1. The van der Waals surface area contributed by atoms with Crippen molar-refractivity contribution >= 4 is 49.2 Å². The lowest BCUT2D eigenvalue weighted by atomic mass is 9.94. The third-order valence-corrected chi connectivity index (χ3v) is 6.00. The Morgan fingerprint density at radius 3 is 3.10 bits per heavy atom. The van der Waals surface area contributed by atoms with E-state index in [1.165, 1.54) is 11.8 Å². The molecule has 21 heavy (non-hydrogen) atoms. The number of hydrogen-bond donors (Lipinski definition) is 1. The van der Waals surface area contributed by atoms with E-state index in [-0.39, 0.29) is 11.2 Å². The number of thiophene rings is 1. The van der Waals surface area contributed by atoms with Gasteiger partial charge in [0.1, 0.15) is 4.83 Å². The third-order valence-electron chi connectivity index (χ3n) is 3.28. The maximum Gasteiger partial charge on any atom is 0.260 e. The molecular weight excluding hydrogens is 372 g/mol. The van der Waals surface area contributed by atoms with Crippen molar-refractivity contribution < 1.29 is 4.74 Å². The van der Waals surface area contributed by atoms with Crippen LogP contribution in [0.4, 0.5) is 0 Å². The van der Waals surface area contributed by atoms with Gasteiger partial charge in [0.25, 0.3) is 5.56 Å². The molecule has 0 unspecified atom stereocenters. The number of H-pyrrole nitrogens is 1. The smallest absolute Gasteiger partial charge is 0.260 e. The van der Waals surface area contributed by atoms with E-state index in [4.69, 9.17) is 4.74 Å². The van der Waals surface area contributed by atoms with Crippen molar-refractivity contribution in [2.24, 2.45) is 0 Å². The van der Waals surface area contributed by atoms with Crippen LogP contribution in [-0.2, 0) is 17.8 Å². The molecular formula is C14H15BrN2O2S2. The second-order valence-electron chi connectivity index (χ2n) is 5.59. The highest BCUT2D eigenvalue weighted by Crippen LogP contribution is 2.37. The van der Waals surface area contributed by atoms with Gasteiger partial charge >= 0.3 is 0 Å². The maximum atomic E-state index is 12.4. The average molecular weight is 387 g/mol. The maximum absolute atomic E-state index is 12.4. The minimum absolute atomic E-state index is 0.0575. The molecule has 0 radical (unpaired) electrons. The SMILES string of the molecule is C=C(Br)CSc1nc2sc3c(c2c(=O)[nH]1)CC(C)(C)OC3. The normalized spacial score (nSPS) is 16.9. The summed E-state index contributed by atoms with van der Waals surface area (Å²) in [5.74, 6) is 0.676. The molecule has 0 aliphatic carbocycles. The predicted molar refractivity (Wildman–Crippen MR) is 91.6 cm³/mol. The number of ether oxygens (including phenoxy) is 1. The molecule has 3 heterocycles. The molecule has 0 spiro atoms. The van der Waals surface area contributed by atoms with Crippen LogP contribution >= 0.6 is 39.0 Å². The molecule has 0 fully saturated rings. The largest absolute Gasteiger partial charge is 0.370 e. The van der Waals surface area contributed by atoms with E-state index in [1.54, 1.807) is 11.3 Å². The van der Waals surface area contributed by atoms with Crippen LogP contribution in [0, 0.1) is 0 Å². The number of fused-ring (bicyclic) bond motifs is 3. The van der Waals surface area contributed by atoms with Crippen LogP contribution in [0.25, 0.3) is 10.2 Å². The first-order valence-corrected chi connectivity index (χ1v) is 9.10. The molecule has 3 rings (SSSR count). The summed E-state index contributed by atoms with van der Waals surface area (Å²) in [4.78, 5) is 21.8. The summed E-state index contributed by atoms with van der Waals surface area (Å²) in [6, 6.07) is 0. The minimum Gasteiger partial charge on any atom is -0.370 e. The third kappa shape index (κ3) is 3.11. The standard InChI is InChI=1S/C14H15BrN2O2S2/c1-7(15)6-20-13-16-11(18)10-8-4-14(2,3)19-5-9(8)21-12(10)17-13/h1,4-6H2,2-3H3,(H,16,17,18). The fraction of sp³-hybridized carbons (Fsp3) is 0.429. The number of aromatic amines is 1. The molecule has 1 N–H and O–H groups in total. The van der Waals surface area contributed by atoms with E-state index >= 15 is 0 Å². The zero-order valence-corrected chi connectivity index (χ0v) is 15.0. The van der Waals surface area contributed by atoms with Crippen molar-refractivity contribution in [1.29, 1.82) is 0 Å². The van der Waals surface area contributed by atoms with Crippen molar-refractivity contribution in [1.82, 2.24) is 9.97 Å². The second kappa shape index (κ2) is 5.53. The van der Waals surface area contributed by atoms with Crippen LogP contribution < -0.4 is 5.56 Å². The molecule has 0 bridgehead atoms. The number of nitrogens with zero attached hydrogens (tertiary/aromatic N) is 1. The van der Waals surface area contributed by atoms with Gasteiger partial charge in [0, 0.05) is 17.1 Å². The summed E-state index contributed by atoms with van der Waals surface area (Å²) >= 11 is 6.34. The summed E-state index contributed by atoms with van der Waals surface area (Å²) in [7, 11) is 0. The Bertz CT molecular complexity index is 779. The van der Waals surface area contributed by atoms with Gasteiger partial charge in [-0.2, -0.15) is 0 Å². The number of thioether (sulfide) groups is 1. The Kier molecular flexibility index (Phi) is 4.02. The number of hydrogen-bond acceptors (Lipinski definition) is 5. The Labute approximate surface area is 139 Å². The van der Waals surface area contributed by atoms with Crippen LogP contribution in [0.3, 0.4) is 0 Å². The Balaban J connectivity index is 2.06. The highest BCUT2D eigenvalue weighted by molar-refractivity contribution is 9.11. The predicted octanol–water partition coefficient (Wildman–Crippen LogP) is 3.84. The molecule has 0 amide bonds. The molecule has 0 saturated carbocycles. The first-order valence-electron chi connectivity index (χ1n) is 6.50. The molecule has 7 heteroatoms. The quantitative estimate of drug-likeness (QED) is 0.642. The zero-order chi connectivity index (χ0) is 15.2. The van der Waals surface area contributed by atoms with Gasteiger partial charge in [-0.1, -0.05) is 34.3 Å². The van der Waals surface area contributed by atoms with Crippen molar-refractivity contribution in [3.8, 4) is 0 Å². The summed E-state index contributed by atoms with van der Waals surface area (Å²) < 4.78 is 6.69. The number of aromatic nitrogens is 2. The van der Waals surface area contributed by atoms with E-state index in [1.807, 2.05) is 13.8 Å². The van der Waals surface area contributed by atoms with Crippen LogP contribution in [-0.4, -0.2) is 21.3 Å². The molecule has 1 aliphatic rings. The Morgan fingerprint density at radius 1 is 1.62 bits per heavy atom. The van der Waals surface area contributed by atoms with Crippen molar-refractivity contribution in [2.45, 2.75) is 37.6 Å². The zero-order valence-electron chi connectivity index (χ0n) is 11.8. The van der Waals surface area contributed by atoms with Gasteiger partial charge < -0.3 is 9.72 Å². The Morgan fingerprint density at radius 2 is 2.38 bits per heavy atom. The number of halogens is 1. The summed E-state index contributed by atoms with van der Waals surface area (Å²) in [5, 5.41) is 1.36. The highest BCUT2D eigenvalue weighted by Gasteiger charge is 2.30. The molecule has 1 aliphatic heterocycles. The second-order valence-corrected chi connectivity index (χ2v) is 8.76. The first-order chi connectivity index (χ1) is 9.85. The fourth-order valence-corrected chi connectivity index (χ4v) is 4.47. The van der Waals surface area contributed by atoms with Crippen molar-refractivity contribution in [3.05, 3.63) is 31.9 Å². The summed E-state index contributed by atoms with van der Waals surface area (Å²) in [6.45, 7) is 8.44. The van der Waals surface area contributed by atoms with Crippen molar-refractivity contribution in [3.63, 3.8) is 0 Å². The lowest BCUT2D eigenvalue weighted by Gasteiger charge is -2.29. The van der Waals surface area contributed by atoms with Gasteiger partial charge in [-0.15, -0.1) is 11.3 Å². The molecule has 0 aromatic carbocycles. The van der Waals surface area contributed by atoms with Crippen LogP contribution in [0.1, 0.15) is 24.3 Å². The molecule has 4 nitrogen and oxygen atoms in total. The lowest BCUT2D eigenvalue weighted by Crippen LogP contribution is -2.31. The van der Waals surface area contributed by atoms with E-state index in [2.05, 4.69) is 32.5 Å². The summed E-state index contributed by atoms with van der Waals surface area (Å²) in [6.07, 6.45) is 0.748. The molecule has 2 aromatic rings. The molecule has 112 valence electrons. The van der Waals surface area contributed by atoms with E-state index in [9.17, 15) is 4.79 Å². The molecule has 0 atom stereocenters. The van der Waals surface area contributed by atoms with Gasteiger partial charge in [-0.25, -0.2) is 4.98 Å². The van der Waals surface area contributed by atoms with Crippen LogP contribution in [0.15, 0.2) is 21.0 Å². The van der Waals surface area contributed by atoms with Gasteiger partial charge in [-0.05, 0) is 23.9 Å². The summed E-state index contributed by atoms with van der Waals surface area (Å²) in [5.41, 5.74) is 0.813. The monoisotopic (exact) mass is 386 g/mol. The fourth-order valence-electron chi connectivity index (χ4n) is 2.35. The minimum atomic E-state index is -0.228. The van der Waals surface area contributed by atoms with E-state index < -0.39 is 0 Å². The Hall–Kier alpha value is -0.630. The average Bonchev–Trinajstić information content (AvgIpc) is 2.73. The first kappa shape index (κ1) is 15.3. The van der Waals surface area contributed by atoms with Gasteiger partial charge in [-0.3, -0.25) is 4.79 Å². The van der Waals surface area contributed by atoms with Gasteiger partial charge in [0.15, 0.2) is 5.16 Å². The van der Waals surface area contributed by atoms with Crippen LogP contribution in [0.2, 0.25) is 0 Å². The van der Waals surface area contributed by atoms with Gasteiger partial charge in [0.2, 0.25) is 0 Å². The van der Waals surface area contributed by atoms with Crippen molar-refractivity contribution in [2.75, 3.05) is 5.75 Å². The molecule has 2 aromatic heterocycles. The topological polar surface area (TPSA) is 55.0 Å². The number of rotatable bonds is 3. The molecule has 0 saturated heterocycles. The lowest BCUT2D eigenvalue weighted by molar-refractivity contribution is -0.0379. The van der Waals surface area contributed by atoms with Gasteiger partial charge in [0.05, 0.1) is 17.6 Å². The van der Waals surface area contributed by atoms with Crippen LogP contribution in [0.5, 0.6) is 0 Å². The van der Waals surface area contributed by atoms with E-state index in [0.29, 0.717) is 17.5 Å². The highest BCUT2D eigenvalue weighted by atomic mass is 79.9. The van der Waals surface area contributed by atoms with E-state index in [0.717, 1.165) is 31.6 Å².